The summed E-state index contributed by atoms with van der Waals surface area (Å²) in [5.74, 6) is 1.29. The van der Waals surface area contributed by atoms with Crippen LogP contribution in [-0.2, 0) is 5.75 Å². The highest BCUT2D eigenvalue weighted by atomic mass is 32.2. The average Bonchev–Trinajstić information content (AvgIpc) is 3.09. The van der Waals surface area contributed by atoms with E-state index in [4.69, 9.17) is 10.2 Å². The Kier molecular flexibility index (Phi) is 5.29. The molecule has 0 spiro atoms. The summed E-state index contributed by atoms with van der Waals surface area (Å²) in [5.41, 5.74) is 4.17. The van der Waals surface area contributed by atoms with E-state index in [1.807, 2.05) is 6.07 Å². The molecule has 0 unspecified atom stereocenters. The molecule has 0 atom stereocenters. The van der Waals surface area contributed by atoms with Crippen molar-refractivity contribution >= 4 is 23.1 Å². The maximum Gasteiger partial charge on any atom is 0.123 e. The molecule has 24 heavy (non-hydrogen) atoms. The number of rotatable bonds is 5. The number of pyridine rings is 1. The van der Waals surface area contributed by atoms with Crippen LogP contribution in [0.15, 0.2) is 53.0 Å². The summed E-state index contributed by atoms with van der Waals surface area (Å²) in [4.78, 5) is 9.00. The quantitative estimate of drug-likeness (QED) is 0.570. The lowest BCUT2D eigenvalue weighted by Crippen LogP contribution is -1.87. The van der Waals surface area contributed by atoms with Gasteiger partial charge in [0.2, 0.25) is 0 Å². The fraction of sp³-hybridized carbons (Fsp3) is 0.211. The number of aromatic nitrogens is 2. The summed E-state index contributed by atoms with van der Waals surface area (Å²) in [7, 11) is 0. The van der Waals surface area contributed by atoms with Gasteiger partial charge in [-0.1, -0.05) is 49.9 Å². The van der Waals surface area contributed by atoms with Gasteiger partial charge in [-0.05, 0) is 23.6 Å². The number of nitrogens with zero attached hydrogens (tertiary/aromatic N) is 3. The summed E-state index contributed by atoms with van der Waals surface area (Å²) in [6.07, 6.45) is 1.67. The minimum absolute atomic E-state index is 0.541. The molecule has 0 aliphatic rings. The molecule has 3 nitrogen and oxygen atoms in total. The molecule has 2 aromatic heterocycles. The molecule has 1 aromatic carbocycles. The molecule has 3 rings (SSSR count). The molecule has 0 N–H and O–H groups in total. The fourth-order valence-electron chi connectivity index (χ4n) is 2.22. The van der Waals surface area contributed by atoms with E-state index in [0.29, 0.717) is 11.5 Å². The zero-order chi connectivity index (χ0) is 16.9. The smallest absolute Gasteiger partial charge is 0.123 e. The number of nitriles is 1. The Morgan fingerprint density at radius 1 is 1.21 bits per heavy atom. The van der Waals surface area contributed by atoms with Crippen molar-refractivity contribution in [3.63, 3.8) is 0 Å². The van der Waals surface area contributed by atoms with Gasteiger partial charge in [-0.2, -0.15) is 5.26 Å². The van der Waals surface area contributed by atoms with Gasteiger partial charge in [0.05, 0.1) is 22.4 Å². The van der Waals surface area contributed by atoms with Crippen LogP contribution in [0.4, 0.5) is 0 Å². The highest BCUT2D eigenvalue weighted by molar-refractivity contribution is 7.98. The first kappa shape index (κ1) is 16.7. The first-order chi connectivity index (χ1) is 11.7. The lowest BCUT2D eigenvalue weighted by atomic mass is 10.0. The van der Waals surface area contributed by atoms with Crippen molar-refractivity contribution in [2.75, 3.05) is 0 Å². The summed E-state index contributed by atoms with van der Waals surface area (Å²) < 4.78 is 0. The Hall–Kier alpha value is -2.16. The summed E-state index contributed by atoms with van der Waals surface area (Å²) in [5, 5.41) is 12.9. The molecule has 0 bridgehead atoms. The zero-order valence-corrected chi connectivity index (χ0v) is 15.2. The van der Waals surface area contributed by atoms with Crippen molar-refractivity contribution in [2.45, 2.75) is 30.5 Å². The second-order valence-corrected chi connectivity index (χ2v) is 7.56. The molecule has 0 amide bonds. The molecule has 2 heterocycles. The topological polar surface area (TPSA) is 49.6 Å². The summed E-state index contributed by atoms with van der Waals surface area (Å²) in [6, 6.07) is 14.3. The Balaban J connectivity index is 1.68. The monoisotopic (exact) mass is 351 g/mol. The number of thioether (sulfide) groups is 1. The second kappa shape index (κ2) is 7.61. The van der Waals surface area contributed by atoms with Crippen LogP contribution in [0, 0.1) is 11.3 Å². The van der Waals surface area contributed by atoms with E-state index in [1.54, 1.807) is 35.4 Å². The largest absolute Gasteiger partial charge is 0.250 e. The third-order valence-electron chi connectivity index (χ3n) is 3.61. The van der Waals surface area contributed by atoms with Gasteiger partial charge in [0.1, 0.15) is 5.01 Å². The van der Waals surface area contributed by atoms with E-state index in [9.17, 15) is 0 Å². The van der Waals surface area contributed by atoms with Crippen LogP contribution in [0.25, 0.3) is 10.6 Å². The van der Waals surface area contributed by atoms with Crippen LogP contribution < -0.4 is 0 Å². The third-order valence-corrected chi connectivity index (χ3v) is 5.51. The molecule has 0 aliphatic heterocycles. The van der Waals surface area contributed by atoms with E-state index in [0.717, 1.165) is 27.0 Å². The van der Waals surface area contributed by atoms with Gasteiger partial charge < -0.3 is 0 Å². The molecule has 0 saturated carbocycles. The molecule has 0 radical (unpaired) electrons. The minimum atomic E-state index is 0.541. The van der Waals surface area contributed by atoms with Gasteiger partial charge in [0, 0.05) is 22.9 Å². The summed E-state index contributed by atoms with van der Waals surface area (Å²) in [6.45, 7) is 4.39. The van der Waals surface area contributed by atoms with Crippen LogP contribution in [0.3, 0.4) is 0 Å². The van der Waals surface area contributed by atoms with Crippen molar-refractivity contribution in [3.8, 4) is 16.6 Å². The van der Waals surface area contributed by atoms with E-state index in [1.165, 1.54) is 5.56 Å². The predicted octanol–water partition coefficient (Wildman–Crippen LogP) is 5.49. The average molecular weight is 352 g/mol. The lowest BCUT2D eigenvalue weighted by molar-refractivity contribution is 0.867. The van der Waals surface area contributed by atoms with Crippen LogP contribution in [0.5, 0.6) is 0 Å². The summed E-state index contributed by atoms with van der Waals surface area (Å²) >= 11 is 3.26. The molecule has 120 valence electrons. The van der Waals surface area contributed by atoms with Crippen LogP contribution in [0.1, 0.15) is 36.6 Å². The zero-order valence-electron chi connectivity index (χ0n) is 13.6. The third kappa shape index (κ3) is 4.02. The van der Waals surface area contributed by atoms with Gasteiger partial charge >= 0.3 is 0 Å². The van der Waals surface area contributed by atoms with Crippen molar-refractivity contribution in [1.82, 2.24) is 9.97 Å². The van der Waals surface area contributed by atoms with Crippen molar-refractivity contribution in [2.24, 2.45) is 0 Å². The highest BCUT2D eigenvalue weighted by Crippen LogP contribution is 2.28. The predicted molar refractivity (Wildman–Crippen MR) is 100 cm³/mol. The maximum atomic E-state index is 8.93. The molecular weight excluding hydrogens is 334 g/mol. The highest BCUT2D eigenvalue weighted by Gasteiger charge is 2.07. The van der Waals surface area contributed by atoms with Crippen molar-refractivity contribution < 1.29 is 0 Å². The Morgan fingerprint density at radius 3 is 2.71 bits per heavy atom. The van der Waals surface area contributed by atoms with Crippen LogP contribution in [0.2, 0.25) is 0 Å². The number of benzene rings is 1. The van der Waals surface area contributed by atoms with E-state index >= 15 is 0 Å². The normalized spacial score (nSPS) is 10.8. The van der Waals surface area contributed by atoms with Crippen LogP contribution in [-0.4, -0.2) is 9.97 Å². The van der Waals surface area contributed by atoms with Gasteiger partial charge in [-0.25, -0.2) is 9.97 Å². The van der Waals surface area contributed by atoms with Crippen molar-refractivity contribution in [3.05, 3.63) is 64.8 Å². The Morgan fingerprint density at radius 2 is 2.00 bits per heavy atom. The molecule has 3 aromatic rings. The molecule has 0 saturated heterocycles. The van der Waals surface area contributed by atoms with Gasteiger partial charge in [0.25, 0.3) is 0 Å². The standard InChI is InChI=1S/C19H17N3S2/c1-13(2)15-3-5-16(6-4-15)19-22-17(12-24-19)11-23-18-9-14(10-20)7-8-21-18/h3-9,12-13H,11H2,1-2H3. The van der Waals surface area contributed by atoms with Crippen molar-refractivity contribution in [1.29, 1.82) is 5.26 Å². The molecular formula is C19H17N3S2. The van der Waals surface area contributed by atoms with Gasteiger partial charge in [0.15, 0.2) is 0 Å². The number of hydrogen-bond acceptors (Lipinski definition) is 5. The molecule has 0 aliphatic carbocycles. The first-order valence-electron chi connectivity index (χ1n) is 7.69. The Labute approximate surface area is 150 Å². The lowest BCUT2D eigenvalue weighted by Gasteiger charge is -2.05. The van der Waals surface area contributed by atoms with Gasteiger partial charge in [-0.3, -0.25) is 0 Å². The Bertz CT molecular complexity index is 861. The van der Waals surface area contributed by atoms with Crippen LogP contribution >= 0.6 is 23.1 Å². The first-order valence-corrected chi connectivity index (χ1v) is 9.56. The van der Waals surface area contributed by atoms with E-state index < -0.39 is 0 Å². The van der Waals surface area contributed by atoms with E-state index in [-0.39, 0.29) is 0 Å². The molecule has 0 fully saturated rings. The van der Waals surface area contributed by atoms with E-state index in [2.05, 4.69) is 54.5 Å². The number of thiazole rings is 1. The SMILES string of the molecule is CC(C)c1ccc(-c2nc(CSc3cc(C#N)ccn3)cs2)cc1. The molecule has 5 heteroatoms. The fourth-order valence-corrected chi connectivity index (χ4v) is 3.94. The number of hydrogen-bond donors (Lipinski definition) is 0. The minimum Gasteiger partial charge on any atom is -0.250 e. The van der Waals surface area contributed by atoms with Gasteiger partial charge in [-0.15, -0.1) is 11.3 Å². The second-order valence-electron chi connectivity index (χ2n) is 5.70. The maximum absolute atomic E-state index is 8.93.